The van der Waals surface area contributed by atoms with Crippen molar-refractivity contribution in [2.75, 3.05) is 0 Å². The lowest BCUT2D eigenvalue weighted by molar-refractivity contribution is -0.119. The quantitative estimate of drug-likeness (QED) is 0.749. The van der Waals surface area contributed by atoms with Gasteiger partial charge >= 0.3 is 0 Å². The van der Waals surface area contributed by atoms with Crippen molar-refractivity contribution in [3.63, 3.8) is 0 Å². The van der Waals surface area contributed by atoms with Gasteiger partial charge in [-0.05, 0) is 61.4 Å². The van der Waals surface area contributed by atoms with Gasteiger partial charge in [-0.1, -0.05) is 39.0 Å². The first-order valence-corrected chi connectivity index (χ1v) is 9.83. The van der Waals surface area contributed by atoms with E-state index in [0.29, 0.717) is 5.56 Å². The monoisotopic (exact) mass is 384 g/mol. The highest BCUT2D eigenvalue weighted by molar-refractivity contribution is 7.10. The first-order chi connectivity index (χ1) is 12.5. The highest BCUT2D eigenvalue weighted by atomic mass is 32.1. The highest BCUT2D eigenvalue weighted by Gasteiger charge is 2.20. The largest absolute Gasteiger partial charge is 0.346 e. The molecule has 0 aliphatic rings. The molecule has 5 heteroatoms. The smallest absolute Gasteiger partial charge is 0.268 e. The fraction of sp³-hybridized carbons (Fsp3) is 0.364. The van der Waals surface area contributed by atoms with E-state index in [2.05, 4.69) is 31.4 Å². The maximum absolute atomic E-state index is 12.7. The fourth-order valence-corrected chi connectivity index (χ4v) is 3.06. The van der Waals surface area contributed by atoms with Crippen LogP contribution in [0, 0.1) is 0 Å². The number of nitrogens with one attached hydrogen (secondary N) is 2. The van der Waals surface area contributed by atoms with Crippen LogP contribution in [0.5, 0.6) is 0 Å². The lowest BCUT2D eigenvalue weighted by atomic mass is 9.87. The van der Waals surface area contributed by atoms with Gasteiger partial charge in [0.15, 0.2) is 0 Å². The summed E-state index contributed by atoms with van der Waals surface area (Å²) in [5.41, 5.74) is 1.52. The van der Waals surface area contributed by atoms with Crippen molar-refractivity contribution in [2.24, 2.45) is 0 Å². The molecule has 0 saturated carbocycles. The molecule has 0 unspecified atom stereocenters. The van der Waals surface area contributed by atoms with Crippen molar-refractivity contribution < 1.29 is 9.59 Å². The topological polar surface area (TPSA) is 58.2 Å². The Morgan fingerprint density at radius 1 is 0.963 bits per heavy atom. The molecule has 0 spiro atoms. The molecule has 0 aliphatic carbocycles. The van der Waals surface area contributed by atoms with Crippen LogP contribution in [0.4, 0.5) is 0 Å². The molecule has 2 N–H and O–H groups in total. The van der Waals surface area contributed by atoms with E-state index in [1.807, 2.05) is 50.4 Å². The van der Waals surface area contributed by atoms with Crippen molar-refractivity contribution in [1.82, 2.24) is 10.6 Å². The maximum Gasteiger partial charge on any atom is 0.268 e. The molecule has 0 saturated heterocycles. The van der Waals surface area contributed by atoms with Crippen LogP contribution in [0.1, 0.15) is 62.3 Å². The first-order valence-electron chi connectivity index (χ1n) is 8.95. The second kappa shape index (κ2) is 8.09. The molecular weight excluding hydrogens is 356 g/mol. The van der Waals surface area contributed by atoms with Crippen molar-refractivity contribution in [3.8, 4) is 0 Å². The third-order valence-electron chi connectivity index (χ3n) is 3.82. The Morgan fingerprint density at radius 2 is 1.59 bits per heavy atom. The van der Waals surface area contributed by atoms with Crippen molar-refractivity contribution in [3.05, 3.63) is 63.5 Å². The first kappa shape index (κ1) is 20.9. The summed E-state index contributed by atoms with van der Waals surface area (Å²) in [5, 5.41) is 7.60. The van der Waals surface area contributed by atoms with Crippen LogP contribution in [0.25, 0.3) is 6.08 Å². The lowest BCUT2D eigenvalue weighted by Gasteiger charge is -2.22. The summed E-state index contributed by atoms with van der Waals surface area (Å²) < 4.78 is 0. The van der Waals surface area contributed by atoms with Crippen LogP contribution < -0.4 is 10.6 Å². The minimum absolute atomic E-state index is 0.0197. The number of carbonyl (C=O) groups excluding carboxylic acids is 2. The molecule has 0 atom stereocenters. The van der Waals surface area contributed by atoms with Gasteiger partial charge in [0, 0.05) is 16.0 Å². The number of rotatable bonds is 4. The second-order valence-corrected chi connectivity index (χ2v) is 9.54. The van der Waals surface area contributed by atoms with Gasteiger partial charge in [-0.2, -0.15) is 0 Å². The Labute approximate surface area is 165 Å². The van der Waals surface area contributed by atoms with Gasteiger partial charge in [0.1, 0.15) is 5.70 Å². The molecule has 2 amide bonds. The minimum atomic E-state index is -0.398. The van der Waals surface area contributed by atoms with Gasteiger partial charge < -0.3 is 10.6 Å². The molecule has 4 nitrogen and oxygen atoms in total. The van der Waals surface area contributed by atoms with Gasteiger partial charge in [-0.3, -0.25) is 9.59 Å². The van der Waals surface area contributed by atoms with Crippen molar-refractivity contribution >= 4 is 29.2 Å². The number of benzene rings is 1. The summed E-state index contributed by atoms with van der Waals surface area (Å²) in [4.78, 5) is 26.2. The Bertz CT molecular complexity index is 821. The van der Waals surface area contributed by atoms with Gasteiger partial charge in [0.25, 0.3) is 11.8 Å². The van der Waals surface area contributed by atoms with E-state index in [-0.39, 0.29) is 22.9 Å². The molecule has 0 bridgehead atoms. The Hall–Kier alpha value is -2.40. The van der Waals surface area contributed by atoms with Gasteiger partial charge in [-0.15, -0.1) is 11.3 Å². The van der Waals surface area contributed by atoms with E-state index in [9.17, 15) is 9.59 Å². The Morgan fingerprint density at radius 3 is 2.07 bits per heavy atom. The third kappa shape index (κ3) is 6.36. The van der Waals surface area contributed by atoms with E-state index >= 15 is 0 Å². The van der Waals surface area contributed by atoms with E-state index in [4.69, 9.17) is 0 Å². The highest BCUT2D eigenvalue weighted by Crippen LogP contribution is 2.22. The summed E-state index contributed by atoms with van der Waals surface area (Å²) in [6.45, 7) is 12.1. The van der Waals surface area contributed by atoms with E-state index in [0.717, 1.165) is 10.4 Å². The molecule has 0 aliphatic heterocycles. The molecule has 0 fully saturated rings. The molecule has 1 heterocycles. The predicted octanol–water partition coefficient (Wildman–Crippen LogP) is 4.73. The van der Waals surface area contributed by atoms with Crippen LogP contribution in [-0.2, 0) is 10.2 Å². The third-order valence-corrected chi connectivity index (χ3v) is 4.64. The SMILES string of the molecule is CC(C)(C)NC(=O)C(=Cc1cccs1)NC(=O)c1ccc(C(C)(C)C)cc1. The van der Waals surface area contributed by atoms with Crippen molar-refractivity contribution in [1.29, 1.82) is 0 Å². The Kier molecular flexibility index (Phi) is 6.26. The van der Waals surface area contributed by atoms with Crippen LogP contribution in [0.2, 0.25) is 0 Å². The van der Waals surface area contributed by atoms with Crippen molar-refractivity contribution in [2.45, 2.75) is 52.5 Å². The van der Waals surface area contributed by atoms with E-state index < -0.39 is 5.54 Å². The molecule has 144 valence electrons. The van der Waals surface area contributed by atoms with Crippen LogP contribution >= 0.6 is 11.3 Å². The summed E-state index contributed by atoms with van der Waals surface area (Å²) in [6.07, 6.45) is 1.70. The average molecular weight is 385 g/mol. The second-order valence-electron chi connectivity index (χ2n) is 8.56. The summed E-state index contributed by atoms with van der Waals surface area (Å²) >= 11 is 1.51. The van der Waals surface area contributed by atoms with Gasteiger partial charge in [0.2, 0.25) is 0 Å². The number of hydrogen-bond acceptors (Lipinski definition) is 3. The fourth-order valence-electron chi connectivity index (χ4n) is 2.40. The summed E-state index contributed by atoms with van der Waals surface area (Å²) in [7, 11) is 0. The normalized spacial score (nSPS) is 12.6. The van der Waals surface area contributed by atoms with Crippen LogP contribution in [0.15, 0.2) is 47.5 Å². The summed E-state index contributed by atoms with van der Waals surface area (Å²) in [5.74, 6) is -0.613. The summed E-state index contributed by atoms with van der Waals surface area (Å²) in [6, 6.07) is 11.3. The molecule has 2 aromatic rings. The zero-order valence-electron chi connectivity index (χ0n) is 16.8. The maximum atomic E-state index is 12.7. The average Bonchev–Trinajstić information content (AvgIpc) is 3.05. The molecular formula is C22H28N2O2S. The Balaban J connectivity index is 2.24. The zero-order valence-corrected chi connectivity index (χ0v) is 17.7. The number of amides is 2. The van der Waals surface area contributed by atoms with E-state index in [1.54, 1.807) is 18.2 Å². The van der Waals surface area contributed by atoms with Gasteiger partial charge in [0.05, 0.1) is 0 Å². The van der Waals surface area contributed by atoms with Crippen LogP contribution in [0.3, 0.4) is 0 Å². The standard InChI is InChI=1S/C22H28N2O2S/c1-21(2,3)16-11-9-15(10-12-16)19(25)23-18(14-17-8-7-13-27-17)20(26)24-22(4,5)6/h7-14H,1-6H3,(H,23,25)(H,24,26). The minimum Gasteiger partial charge on any atom is -0.346 e. The van der Waals surface area contributed by atoms with Crippen LogP contribution in [-0.4, -0.2) is 17.4 Å². The molecule has 27 heavy (non-hydrogen) atoms. The molecule has 0 radical (unpaired) electrons. The molecule has 2 rings (SSSR count). The number of carbonyl (C=O) groups is 2. The zero-order chi connectivity index (χ0) is 20.2. The van der Waals surface area contributed by atoms with Gasteiger partial charge in [-0.25, -0.2) is 0 Å². The predicted molar refractivity (Wildman–Crippen MR) is 113 cm³/mol. The van der Waals surface area contributed by atoms with E-state index in [1.165, 1.54) is 11.3 Å². The molecule has 1 aromatic carbocycles. The number of hydrogen-bond donors (Lipinski definition) is 2. The molecule has 1 aromatic heterocycles. The lowest BCUT2D eigenvalue weighted by Crippen LogP contribution is -2.44. The number of thiophene rings is 1.